The number of rotatable bonds is 7. The van der Waals surface area contributed by atoms with Crippen LogP contribution in [0.3, 0.4) is 0 Å². The van der Waals surface area contributed by atoms with E-state index in [1.54, 1.807) is 24.7 Å². The van der Waals surface area contributed by atoms with Gasteiger partial charge in [0, 0.05) is 25.5 Å². The molecule has 2 rings (SSSR count). The monoisotopic (exact) mass is 274 g/mol. The molecule has 0 aliphatic heterocycles. The highest BCUT2D eigenvalue weighted by molar-refractivity contribution is 5.90. The maximum atomic E-state index is 10.9. The molecule has 106 valence electrons. The summed E-state index contributed by atoms with van der Waals surface area (Å²) < 4.78 is 2.03. The molecule has 1 heterocycles. The van der Waals surface area contributed by atoms with Gasteiger partial charge in [-0.05, 0) is 31.0 Å². The number of imidazole rings is 1. The number of carboxylic acid groups (broad SMARTS) is 1. The van der Waals surface area contributed by atoms with Crippen molar-refractivity contribution in [1.29, 1.82) is 0 Å². The van der Waals surface area contributed by atoms with Gasteiger partial charge in [0.1, 0.15) is 0 Å². The molecule has 6 nitrogen and oxygen atoms in total. The van der Waals surface area contributed by atoms with E-state index in [1.807, 2.05) is 10.8 Å². The Labute approximate surface area is 117 Å². The van der Waals surface area contributed by atoms with Crippen LogP contribution < -0.4 is 11.1 Å². The molecular formula is C14H18N4O2. The van der Waals surface area contributed by atoms with E-state index in [-0.39, 0.29) is 5.56 Å². The highest BCUT2D eigenvalue weighted by atomic mass is 16.4. The Kier molecular flexibility index (Phi) is 4.60. The Hall–Kier alpha value is -2.50. The van der Waals surface area contributed by atoms with Gasteiger partial charge in [0.15, 0.2) is 0 Å². The summed E-state index contributed by atoms with van der Waals surface area (Å²) in [5.41, 5.74) is 7.28. The number of hydrogen-bond acceptors (Lipinski definition) is 4. The number of unbranched alkanes of at least 4 members (excludes halogenated alkanes) is 1. The Balaban J connectivity index is 1.78. The van der Waals surface area contributed by atoms with Crippen LogP contribution in [0, 0.1) is 0 Å². The molecule has 0 amide bonds. The number of nitrogens with two attached hydrogens (primary N) is 1. The minimum atomic E-state index is -0.951. The normalized spacial score (nSPS) is 10.4. The average Bonchev–Trinajstić information content (AvgIpc) is 2.93. The summed E-state index contributed by atoms with van der Waals surface area (Å²) in [7, 11) is 0. The molecule has 6 heteroatoms. The summed E-state index contributed by atoms with van der Waals surface area (Å²) in [6, 6.07) is 4.67. The van der Waals surface area contributed by atoms with E-state index in [2.05, 4.69) is 10.3 Å². The van der Waals surface area contributed by atoms with Gasteiger partial charge in [-0.15, -0.1) is 0 Å². The van der Waals surface area contributed by atoms with Crippen LogP contribution in [-0.4, -0.2) is 27.2 Å². The first-order chi connectivity index (χ1) is 9.66. The van der Waals surface area contributed by atoms with Gasteiger partial charge in [-0.25, -0.2) is 9.78 Å². The molecule has 0 atom stereocenters. The topological polar surface area (TPSA) is 93.2 Å². The number of nitrogens with one attached hydrogen (secondary N) is 1. The molecule has 4 N–H and O–H groups in total. The lowest BCUT2D eigenvalue weighted by Crippen LogP contribution is -2.07. The first kappa shape index (κ1) is 13.9. The molecule has 0 aliphatic rings. The van der Waals surface area contributed by atoms with Crippen molar-refractivity contribution in [2.24, 2.45) is 0 Å². The van der Waals surface area contributed by atoms with Crippen LogP contribution in [0.4, 0.5) is 11.4 Å². The molecule has 0 spiro atoms. The van der Waals surface area contributed by atoms with Gasteiger partial charge >= 0.3 is 5.97 Å². The number of anilines is 2. The third kappa shape index (κ3) is 3.74. The van der Waals surface area contributed by atoms with Crippen LogP contribution in [-0.2, 0) is 6.54 Å². The zero-order chi connectivity index (χ0) is 14.4. The SMILES string of the molecule is Nc1ccc(C(=O)O)cc1NCCCCn1ccnc1. The van der Waals surface area contributed by atoms with Gasteiger partial charge in [0.2, 0.25) is 0 Å². The maximum Gasteiger partial charge on any atom is 0.335 e. The number of nitrogen functional groups attached to an aromatic ring is 1. The second-order valence-corrected chi connectivity index (χ2v) is 4.54. The predicted molar refractivity (Wildman–Crippen MR) is 77.8 cm³/mol. The van der Waals surface area contributed by atoms with Crippen molar-refractivity contribution in [1.82, 2.24) is 9.55 Å². The van der Waals surface area contributed by atoms with E-state index < -0.39 is 5.97 Å². The van der Waals surface area contributed by atoms with Crippen LogP contribution in [0.1, 0.15) is 23.2 Å². The van der Waals surface area contributed by atoms with E-state index in [0.717, 1.165) is 25.9 Å². The second kappa shape index (κ2) is 6.60. The zero-order valence-corrected chi connectivity index (χ0v) is 11.1. The van der Waals surface area contributed by atoms with Crippen LogP contribution >= 0.6 is 0 Å². The van der Waals surface area contributed by atoms with Gasteiger partial charge in [0.25, 0.3) is 0 Å². The van der Waals surface area contributed by atoms with Gasteiger partial charge in [-0.1, -0.05) is 0 Å². The molecule has 0 bridgehead atoms. The van der Waals surface area contributed by atoms with Crippen molar-refractivity contribution >= 4 is 17.3 Å². The fourth-order valence-electron chi connectivity index (χ4n) is 1.90. The van der Waals surface area contributed by atoms with E-state index in [4.69, 9.17) is 10.8 Å². The molecule has 0 fully saturated rings. The number of carbonyl (C=O) groups is 1. The average molecular weight is 274 g/mol. The van der Waals surface area contributed by atoms with Crippen LogP contribution in [0.15, 0.2) is 36.9 Å². The van der Waals surface area contributed by atoms with E-state index >= 15 is 0 Å². The number of aromatic carboxylic acids is 1. The highest BCUT2D eigenvalue weighted by Crippen LogP contribution is 2.20. The largest absolute Gasteiger partial charge is 0.478 e. The summed E-state index contributed by atoms with van der Waals surface area (Å²) >= 11 is 0. The minimum Gasteiger partial charge on any atom is -0.478 e. The third-order valence-corrected chi connectivity index (χ3v) is 3.02. The number of hydrogen-bond donors (Lipinski definition) is 3. The van der Waals surface area contributed by atoms with E-state index in [1.165, 1.54) is 6.07 Å². The first-order valence-electron chi connectivity index (χ1n) is 6.49. The number of aryl methyl sites for hydroxylation is 1. The Morgan fingerprint density at radius 1 is 1.40 bits per heavy atom. The van der Waals surface area contributed by atoms with E-state index in [0.29, 0.717) is 11.4 Å². The Morgan fingerprint density at radius 3 is 2.95 bits per heavy atom. The van der Waals surface area contributed by atoms with Crippen LogP contribution in [0.25, 0.3) is 0 Å². The smallest absolute Gasteiger partial charge is 0.335 e. The fraction of sp³-hybridized carbons (Fsp3) is 0.286. The predicted octanol–water partition coefficient (Wildman–Crippen LogP) is 2.06. The maximum absolute atomic E-state index is 10.9. The molecule has 1 aromatic heterocycles. The Morgan fingerprint density at radius 2 is 2.25 bits per heavy atom. The summed E-state index contributed by atoms with van der Waals surface area (Å²) in [6.45, 7) is 1.67. The lowest BCUT2D eigenvalue weighted by molar-refractivity contribution is 0.0697. The number of nitrogens with zero attached hydrogens (tertiary/aromatic N) is 2. The number of benzene rings is 1. The summed E-state index contributed by atoms with van der Waals surface area (Å²) in [6.07, 6.45) is 7.47. The van der Waals surface area contributed by atoms with Crippen molar-refractivity contribution in [2.75, 3.05) is 17.6 Å². The first-order valence-corrected chi connectivity index (χ1v) is 6.49. The number of aromatic nitrogens is 2. The molecule has 0 unspecified atom stereocenters. The molecule has 1 aromatic carbocycles. The zero-order valence-electron chi connectivity index (χ0n) is 11.1. The van der Waals surface area contributed by atoms with Crippen molar-refractivity contribution in [3.63, 3.8) is 0 Å². The highest BCUT2D eigenvalue weighted by Gasteiger charge is 2.06. The number of carboxylic acids is 1. The molecular weight excluding hydrogens is 256 g/mol. The van der Waals surface area contributed by atoms with Crippen molar-refractivity contribution in [2.45, 2.75) is 19.4 Å². The molecule has 0 saturated carbocycles. The van der Waals surface area contributed by atoms with Crippen LogP contribution in [0.5, 0.6) is 0 Å². The summed E-state index contributed by atoms with van der Waals surface area (Å²) in [5.74, 6) is -0.951. The fourth-order valence-corrected chi connectivity index (χ4v) is 1.90. The summed E-state index contributed by atoms with van der Waals surface area (Å²) in [4.78, 5) is 14.9. The van der Waals surface area contributed by atoms with Crippen molar-refractivity contribution in [3.8, 4) is 0 Å². The molecule has 0 aliphatic carbocycles. The quantitative estimate of drug-likeness (QED) is 0.531. The Bertz CT molecular complexity index is 567. The van der Waals surface area contributed by atoms with Crippen molar-refractivity contribution < 1.29 is 9.90 Å². The summed E-state index contributed by atoms with van der Waals surface area (Å²) in [5, 5.41) is 12.1. The molecule has 0 saturated heterocycles. The minimum absolute atomic E-state index is 0.236. The standard InChI is InChI=1S/C14H18N4O2/c15-12-4-3-11(14(19)20)9-13(12)17-5-1-2-7-18-8-6-16-10-18/h3-4,6,8-10,17H,1-2,5,7,15H2,(H,19,20). The molecule has 20 heavy (non-hydrogen) atoms. The second-order valence-electron chi connectivity index (χ2n) is 4.54. The third-order valence-electron chi connectivity index (χ3n) is 3.02. The molecule has 2 aromatic rings. The van der Waals surface area contributed by atoms with Gasteiger partial charge in [0.05, 0.1) is 23.3 Å². The van der Waals surface area contributed by atoms with E-state index in [9.17, 15) is 4.79 Å². The van der Waals surface area contributed by atoms with Crippen LogP contribution in [0.2, 0.25) is 0 Å². The molecule has 0 radical (unpaired) electrons. The van der Waals surface area contributed by atoms with Gasteiger partial charge in [-0.3, -0.25) is 0 Å². The van der Waals surface area contributed by atoms with Gasteiger partial charge < -0.3 is 20.7 Å². The van der Waals surface area contributed by atoms with Gasteiger partial charge in [-0.2, -0.15) is 0 Å². The lowest BCUT2D eigenvalue weighted by atomic mass is 10.1. The lowest BCUT2D eigenvalue weighted by Gasteiger charge is -2.10. The van der Waals surface area contributed by atoms with Crippen molar-refractivity contribution in [3.05, 3.63) is 42.5 Å².